The Labute approximate surface area is 123 Å². The molecular formula is C14H17ClN4O. The van der Waals surface area contributed by atoms with Gasteiger partial charge in [-0.05, 0) is 24.6 Å². The van der Waals surface area contributed by atoms with Gasteiger partial charge in [-0.25, -0.2) is 0 Å². The molecule has 2 heterocycles. The van der Waals surface area contributed by atoms with E-state index in [1.54, 1.807) is 0 Å². The van der Waals surface area contributed by atoms with Crippen molar-refractivity contribution in [2.75, 3.05) is 24.6 Å². The summed E-state index contributed by atoms with van der Waals surface area (Å²) in [5.74, 6) is 1.80. The van der Waals surface area contributed by atoms with Gasteiger partial charge in [0.1, 0.15) is 11.9 Å². The van der Waals surface area contributed by atoms with Crippen molar-refractivity contribution >= 4 is 17.5 Å². The van der Waals surface area contributed by atoms with E-state index in [-0.39, 0.29) is 6.10 Å². The highest BCUT2D eigenvalue weighted by atomic mass is 35.5. The molecule has 0 radical (unpaired) electrons. The predicted molar refractivity (Wildman–Crippen MR) is 78.1 cm³/mol. The molecule has 0 saturated carbocycles. The highest BCUT2D eigenvalue weighted by molar-refractivity contribution is 6.30. The molecule has 20 heavy (non-hydrogen) atoms. The Morgan fingerprint density at radius 2 is 2.20 bits per heavy atom. The van der Waals surface area contributed by atoms with Crippen LogP contribution in [0, 0.1) is 6.92 Å². The van der Waals surface area contributed by atoms with Crippen LogP contribution in [0.25, 0.3) is 0 Å². The van der Waals surface area contributed by atoms with E-state index in [1.165, 1.54) is 0 Å². The number of rotatable bonds is 2. The fourth-order valence-corrected chi connectivity index (χ4v) is 2.61. The zero-order valence-electron chi connectivity index (χ0n) is 11.6. The number of morpholine rings is 1. The number of halogens is 1. The van der Waals surface area contributed by atoms with E-state index in [9.17, 15) is 0 Å². The molecule has 1 aliphatic heterocycles. The average molecular weight is 293 g/mol. The van der Waals surface area contributed by atoms with Crippen LogP contribution in [0.2, 0.25) is 5.02 Å². The summed E-state index contributed by atoms with van der Waals surface area (Å²) >= 11 is 6.05. The monoisotopic (exact) mass is 292 g/mol. The molecule has 0 aliphatic carbocycles. The SMILES string of the molecule is Cc1nnc(N2CCOC(c3cccc(Cl)c3)C2)n1C. The molecule has 0 amide bonds. The summed E-state index contributed by atoms with van der Waals surface area (Å²) in [6, 6.07) is 7.82. The summed E-state index contributed by atoms with van der Waals surface area (Å²) in [6.45, 7) is 4.20. The van der Waals surface area contributed by atoms with Crippen LogP contribution in [0.5, 0.6) is 0 Å². The van der Waals surface area contributed by atoms with Crippen molar-refractivity contribution < 1.29 is 4.74 Å². The molecule has 1 fully saturated rings. The van der Waals surface area contributed by atoms with E-state index >= 15 is 0 Å². The van der Waals surface area contributed by atoms with Crippen molar-refractivity contribution in [3.63, 3.8) is 0 Å². The number of aromatic nitrogens is 3. The third-order valence-electron chi connectivity index (χ3n) is 3.64. The second-order valence-electron chi connectivity index (χ2n) is 4.97. The Morgan fingerprint density at radius 1 is 1.35 bits per heavy atom. The molecule has 106 valence electrons. The van der Waals surface area contributed by atoms with Crippen molar-refractivity contribution in [3.05, 3.63) is 40.7 Å². The van der Waals surface area contributed by atoms with Gasteiger partial charge in [-0.1, -0.05) is 23.7 Å². The second-order valence-corrected chi connectivity index (χ2v) is 5.40. The maximum Gasteiger partial charge on any atom is 0.227 e. The predicted octanol–water partition coefficient (Wildman–Crippen LogP) is 2.35. The van der Waals surface area contributed by atoms with Gasteiger partial charge in [0.15, 0.2) is 0 Å². The molecule has 6 heteroatoms. The lowest BCUT2D eigenvalue weighted by atomic mass is 10.1. The van der Waals surface area contributed by atoms with Gasteiger partial charge in [0, 0.05) is 18.6 Å². The standard InChI is InChI=1S/C14H17ClN4O/c1-10-16-17-14(18(10)2)19-6-7-20-13(9-19)11-4-3-5-12(15)8-11/h3-5,8,13H,6-7,9H2,1-2H3. The van der Waals surface area contributed by atoms with Gasteiger partial charge in [-0.3, -0.25) is 0 Å². The number of anilines is 1. The zero-order chi connectivity index (χ0) is 14.1. The highest BCUT2D eigenvalue weighted by Crippen LogP contribution is 2.26. The first kappa shape index (κ1) is 13.4. The summed E-state index contributed by atoms with van der Waals surface area (Å²) in [5.41, 5.74) is 1.10. The van der Waals surface area contributed by atoms with Crippen LogP contribution in [0.1, 0.15) is 17.5 Å². The van der Waals surface area contributed by atoms with Crippen LogP contribution in [-0.2, 0) is 11.8 Å². The Balaban J connectivity index is 1.82. The van der Waals surface area contributed by atoms with E-state index in [1.807, 2.05) is 42.8 Å². The van der Waals surface area contributed by atoms with Crippen molar-refractivity contribution in [1.29, 1.82) is 0 Å². The first-order valence-corrected chi connectivity index (χ1v) is 7.01. The summed E-state index contributed by atoms with van der Waals surface area (Å²) in [5, 5.41) is 9.09. The van der Waals surface area contributed by atoms with Gasteiger partial charge in [-0.15, -0.1) is 10.2 Å². The van der Waals surface area contributed by atoms with Gasteiger partial charge in [0.25, 0.3) is 0 Å². The average Bonchev–Trinajstić information content (AvgIpc) is 2.79. The summed E-state index contributed by atoms with van der Waals surface area (Å²) < 4.78 is 7.86. The van der Waals surface area contributed by atoms with Crippen LogP contribution in [0.4, 0.5) is 5.95 Å². The number of aryl methyl sites for hydroxylation is 1. The van der Waals surface area contributed by atoms with E-state index in [0.29, 0.717) is 6.61 Å². The normalized spacial score (nSPS) is 19.4. The van der Waals surface area contributed by atoms with Crippen LogP contribution < -0.4 is 4.90 Å². The third kappa shape index (κ3) is 2.51. The zero-order valence-corrected chi connectivity index (χ0v) is 12.3. The summed E-state index contributed by atoms with van der Waals surface area (Å²) in [7, 11) is 1.98. The van der Waals surface area contributed by atoms with E-state index in [2.05, 4.69) is 15.1 Å². The fourth-order valence-electron chi connectivity index (χ4n) is 2.41. The van der Waals surface area contributed by atoms with Gasteiger partial charge < -0.3 is 14.2 Å². The van der Waals surface area contributed by atoms with Crippen molar-refractivity contribution in [2.24, 2.45) is 7.05 Å². The Hall–Kier alpha value is -1.59. The number of ether oxygens (including phenoxy) is 1. The number of hydrogen-bond donors (Lipinski definition) is 0. The molecule has 2 aromatic rings. The third-order valence-corrected chi connectivity index (χ3v) is 3.87. The molecule has 3 rings (SSSR count). The van der Waals surface area contributed by atoms with Crippen LogP contribution in [0.15, 0.2) is 24.3 Å². The smallest absolute Gasteiger partial charge is 0.227 e. The van der Waals surface area contributed by atoms with Gasteiger partial charge >= 0.3 is 0 Å². The first-order valence-electron chi connectivity index (χ1n) is 6.63. The van der Waals surface area contributed by atoms with Crippen LogP contribution in [0.3, 0.4) is 0 Å². The lowest BCUT2D eigenvalue weighted by Crippen LogP contribution is -2.39. The topological polar surface area (TPSA) is 43.2 Å². The van der Waals surface area contributed by atoms with Gasteiger partial charge in [0.05, 0.1) is 13.2 Å². The molecule has 1 atom stereocenters. The minimum Gasteiger partial charge on any atom is -0.370 e. The number of nitrogens with zero attached hydrogens (tertiary/aromatic N) is 4. The number of benzene rings is 1. The minimum atomic E-state index is 0.0134. The molecule has 5 nitrogen and oxygen atoms in total. The summed E-state index contributed by atoms with van der Waals surface area (Å²) in [6.07, 6.45) is 0.0134. The molecule has 0 N–H and O–H groups in total. The maximum absolute atomic E-state index is 6.05. The first-order chi connectivity index (χ1) is 9.65. The lowest BCUT2D eigenvalue weighted by molar-refractivity contribution is 0.0390. The molecule has 1 aromatic carbocycles. The molecule has 1 saturated heterocycles. The molecule has 0 bridgehead atoms. The van der Waals surface area contributed by atoms with Crippen LogP contribution in [-0.4, -0.2) is 34.5 Å². The molecule has 1 aliphatic rings. The molecular weight excluding hydrogens is 276 g/mol. The van der Waals surface area contributed by atoms with Crippen molar-refractivity contribution in [3.8, 4) is 0 Å². The van der Waals surface area contributed by atoms with E-state index < -0.39 is 0 Å². The van der Waals surface area contributed by atoms with E-state index in [0.717, 1.165) is 35.4 Å². The highest BCUT2D eigenvalue weighted by Gasteiger charge is 2.25. The molecule has 1 aromatic heterocycles. The van der Waals surface area contributed by atoms with E-state index in [4.69, 9.17) is 16.3 Å². The van der Waals surface area contributed by atoms with Crippen LogP contribution >= 0.6 is 11.6 Å². The maximum atomic E-state index is 6.05. The Morgan fingerprint density at radius 3 is 2.90 bits per heavy atom. The quantitative estimate of drug-likeness (QED) is 0.852. The fraction of sp³-hybridized carbons (Fsp3) is 0.429. The number of hydrogen-bond acceptors (Lipinski definition) is 4. The Kier molecular flexibility index (Phi) is 3.63. The second kappa shape index (κ2) is 5.42. The molecule has 1 unspecified atom stereocenters. The lowest BCUT2D eigenvalue weighted by Gasteiger charge is -2.33. The Bertz CT molecular complexity index is 613. The van der Waals surface area contributed by atoms with Crippen molar-refractivity contribution in [2.45, 2.75) is 13.0 Å². The largest absolute Gasteiger partial charge is 0.370 e. The molecule has 0 spiro atoms. The summed E-state index contributed by atoms with van der Waals surface area (Å²) in [4.78, 5) is 2.20. The van der Waals surface area contributed by atoms with Crippen molar-refractivity contribution in [1.82, 2.24) is 14.8 Å². The van der Waals surface area contributed by atoms with Gasteiger partial charge in [0.2, 0.25) is 5.95 Å². The minimum absolute atomic E-state index is 0.0134. The van der Waals surface area contributed by atoms with Gasteiger partial charge in [-0.2, -0.15) is 0 Å².